The molecule has 2 fully saturated rings. The minimum Gasteiger partial charge on any atom is -0.469 e. The number of H-pyrrole nitrogens is 2. The van der Waals surface area contributed by atoms with E-state index in [1.165, 1.54) is 17.7 Å². The lowest BCUT2D eigenvalue weighted by Gasteiger charge is -2.17. The van der Waals surface area contributed by atoms with Crippen LogP contribution < -0.4 is 16.0 Å². The lowest BCUT2D eigenvalue weighted by atomic mass is 9.94. The van der Waals surface area contributed by atoms with E-state index in [1.54, 1.807) is 21.5 Å². The molecular weight excluding hydrogens is 847 g/mol. The molecule has 4 aromatic carbocycles. The number of aromatic nitrogens is 10. The highest BCUT2D eigenvalue weighted by Crippen LogP contribution is 2.60. The number of amides is 1. The fourth-order valence-corrected chi connectivity index (χ4v) is 8.89. The summed E-state index contributed by atoms with van der Waals surface area (Å²) < 4.78 is 36.5. The van der Waals surface area contributed by atoms with Crippen molar-refractivity contribution in [3.05, 3.63) is 107 Å². The van der Waals surface area contributed by atoms with Crippen LogP contribution in [0, 0.1) is 0 Å². The number of carbonyl (C=O) groups is 1. The maximum atomic E-state index is 13.5. The largest absolute Gasteiger partial charge is 0.469 e. The molecule has 0 radical (unpaired) electrons. The van der Waals surface area contributed by atoms with Crippen molar-refractivity contribution in [2.45, 2.75) is 62.4 Å². The summed E-state index contributed by atoms with van der Waals surface area (Å²) >= 11 is 0. The summed E-state index contributed by atoms with van der Waals surface area (Å²) in [4.78, 5) is 26.9. The Kier molecular flexibility index (Phi) is 9.72. The monoisotopic (exact) mass is 892 g/mol. The molecule has 2 unspecified atom stereocenters. The first-order valence-corrected chi connectivity index (χ1v) is 21.8. The summed E-state index contributed by atoms with van der Waals surface area (Å²) in [5.74, 6) is -0.639. The van der Waals surface area contributed by atoms with E-state index in [2.05, 4.69) is 58.6 Å². The Labute approximate surface area is 376 Å². The van der Waals surface area contributed by atoms with Crippen molar-refractivity contribution >= 4 is 56.9 Å². The van der Waals surface area contributed by atoms with Crippen molar-refractivity contribution in [1.82, 2.24) is 55.2 Å². The minimum atomic E-state index is -3.41. The van der Waals surface area contributed by atoms with Crippen LogP contribution in [0.25, 0.3) is 44.6 Å². The average Bonchev–Trinajstić information content (AvgIpc) is 3.96. The Morgan fingerprint density at radius 3 is 2.12 bits per heavy atom. The predicted molar refractivity (Wildman–Crippen MR) is 245 cm³/mol. The molecule has 5 heterocycles. The van der Waals surface area contributed by atoms with E-state index in [4.69, 9.17) is 24.9 Å². The van der Waals surface area contributed by atoms with Gasteiger partial charge in [0.25, 0.3) is 11.8 Å². The fourth-order valence-electron chi connectivity index (χ4n) is 8.89. The number of hydrogen-bond donors (Lipinski definition) is 6. The highest BCUT2D eigenvalue weighted by molar-refractivity contribution is 5.97. The summed E-state index contributed by atoms with van der Waals surface area (Å²) in [7, 11) is 3.69. The molecule has 2 atom stereocenters. The predicted octanol–water partition coefficient (Wildman–Crippen LogP) is 7.58. The van der Waals surface area contributed by atoms with Crippen LogP contribution in [-0.2, 0) is 18.8 Å². The Hall–Kier alpha value is -7.54. The summed E-state index contributed by atoms with van der Waals surface area (Å²) in [5, 5.41) is 45.3. The number of nitrogens with one attached hydrogen (secondary N) is 5. The van der Waals surface area contributed by atoms with Crippen molar-refractivity contribution in [3.63, 3.8) is 0 Å². The normalized spacial score (nSPS) is 17.8. The first-order chi connectivity index (χ1) is 31.8. The molecule has 66 heavy (non-hydrogen) atoms. The average molecular weight is 893 g/mol. The van der Waals surface area contributed by atoms with Gasteiger partial charge in [-0.25, -0.2) is 23.1 Å². The number of rotatable bonds is 14. The van der Waals surface area contributed by atoms with Crippen molar-refractivity contribution < 1.29 is 23.4 Å². The van der Waals surface area contributed by atoms with Crippen LogP contribution >= 0.6 is 0 Å². The van der Waals surface area contributed by atoms with Crippen LogP contribution in [0.3, 0.4) is 0 Å². The van der Waals surface area contributed by atoms with Crippen molar-refractivity contribution in [2.24, 2.45) is 19.1 Å². The molecule has 0 spiro atoms. The van der Waals surface area contributed by atoms with Crippen LogP contribution in [0.5, 0.6) is 0 Å². The van der Waals surface area contributed by atoms with Crippen LogP contribution in [-0.4, -0.2) is 98.1 Å². The third-order valence-electron chi connectivity index (χ3n) is 12.6. The van der Waals surface area contributed by atoms with Crippen molar-refractivity contribution in [2.75, 3.05) is 30.3 Å². The SMILES string of the molecule is Cn1nc(-c2ccc(C3=NCC(C)(C)O3)cc2)nc1Nc1ccc2[nH]ncc2c1C1CC1c1cc(Nc2nc(-c3ccc(C(=O)NCC(F)(F)CO)cc3)nn2C)c(C2CC2)c2cn[nH]c12. The molecule has 2 aliphatic carbocycles. The lowest BCUT2D eigenvalue weighted by Crippen LogP contribution is -2.38. The zero-order chi connectivity index (χ0) is 45.5. The van der Waals surface area contributed by atoms with E-state index in [0.717, 1.165) is 74.7 Å². The van der Waals surface area contributed by atoms with Gasteiger partial charge in [-0.3, -0.25) is 15.0 Å². The van der Waals surface area contributed by atoms with Gasteiger partial charge in [-0.2, -0.15) is 20.2 Å². The van der Waals surface area contributed by atoms with Gasteiger partial charge in [0.15, 0.2) is 11.6 Å². The number of carbonyl (C=O) groups excluding carboxylic acids is 1. The smallest absolute Gasteiger partial charge is 0.287 e. The Morgan fingerprint density at radius 2 is 1.47 bits per heavy atom. The molecule has 336 valence electrons. The first-order valence-electron chi connectivity index (χ1n) is 21.8. The third kappa shape index (κ3) is 7.67. The van der Waals surface area contributed by atoms with Gasteiger partial charge in [0.05, 0.1) is 36.5 Å². The second kappa shape index (κ2) is 15.6. The number of hydrogen-bond acceptors (Lipinski definition) is 12. The van der Waals surface area contributed by atoms with Gasteiger partial charge in [-0.1, -0.05) is 24.3 Å². The number of aromatic amines is 2. The van der Waals surface area contributed by atoms with Gasteiger partial charge < -0.3 is 25.8 Å². The van der Waals surface area contributed by atoms with E-state index in [1.807, 2.05) is 70.7 Å². The standard InChI is InChI=1S/C47H46F2N14O3/c1-46(2)21-51-43(66-46)28-13-9-26(10-14-28)41-56-44(62(3)60-41)54-35-16-15-34-32(19-52-58-34)38(35)30-17-29(30)31-18-36(37(24-5-6-24)33-20-53-59-39(31)33)55-45-57-40(61-63(45)4)25-7-11-27(12-8-25)42(65)50-22-47(48,49)23-64/h7-16,18-20,24,29-30,64H,5-6,17,21-23H2,1-4H3,(H,50,65)(H,52,58)(H,53,59)(H,54,56,60)(H,55,57,61). The summed E-state index contributed by atoms with van der Waals surface area (Å²) in [5.41, 5.74) is 9.59. The third-order valence-corrected chi connectivity index (χ3v) is 12.6. The number of anilines is 4. The van der Waals surface area contributed by atoms with Crippen LogP contribution in [0.4, 0.5) is 32.1 Å². The molecule has 1 aliphatic heterocycles. The summed E-state index contributed by atoms with van der Waals surface area (Å²) in [6, 6.07) is 20.7. The molecule has 17 nitrogen and oxygen atoms in total. The number of halogens is 2. The number of aliphatic hydroxyl groups is 1. The number of fused-ring (bicyclic) bond motifs is 2. The maximum Gasteiger partial charge on any atom is 0.287 e. The number of nitrogens with zero attached hydrogens (tertiary/aromatic N) is 9. The van der Waals surface area contributed by atoms with Gasteiger partial charge in [0.2, 0.25) is 17.8 Å². The highest BCUT2D eigenvalue weighted by Gasteiger charge is 2.44. The second-order valence-corrected chi connectivity index (χ2v) is 18.0. The van der Waals surface area contributed by atoms with Crippen LogP contribution in [0.2, 0.25) is 0 Å². The first kappa shape index (κ1) is 41.2. The Balaban J connectivity index is 0.866. The van der Waals surface area contributed by atoms with Gasteiger partial charge in [-0.15, -0.1) is 10.2 Å². The molecule has 1 amide bonds. The van der Waals surface area contributed by atoms with E-state index in [9.17, 15) is 13.6 Å². The number of aryl methyl sites for hydroxylation is 2. The van der Waals surface area contributed by atoms with Gasteiger partial charge in [0.1, 0.15) is 12.2 Å². The van der Waals surface area contributed by atoms with Crippen LogP contribution in [0.1, 0.15) is 83.5 Å². The van der Waals surface area contributed by atoms with Gasteiger partial charge >= 0.3 is 0 Å². The van der Waals surface area contributed by atoms with E-state index >= 15 is 0 Å². The highest BCUT2D eigenvalue weighted by atomic mass is 19.3. The molecule has 0 bridgehead atoms. The van der Waals surface area contributed by atoms with E-state index in [-0.39, 0.29) is 23.0 Å². The summed E-state index contributed by atoms with van der Waals surface area (Å²) in [6.45, 7) is 2.36. The molecule has 8 aromatic rings. The molecule has 0 saturated heterocycles. The zero-order valence-electron chi connectivity index (χ0n) is 36.5. The summed E-state index contributed by atoms with van der Waals surface area (Å²) in [6.07, 6.45) is 6.83. The number of aliphatic imine (C=N–C) groups is 1. The second-order valence-electron chi connectivity index (χ2n) is 18.0. The minimum absolute atomic E-state index is 0.142. The number of alkyl halides is 2. The molecule has 2 saturated carbocycles. The Morgan fingerprint density at radius 1 is 0.833 bits per heavy atom. The molecule has 6 N–H and O–H groups in total. The molecular formula is C47H46F2N14O3. The van der Waals surface area contributed by atoms with Crippen molar-refractivity contribution in [3.8, 4) is 22.8 Å². The number of benzene rings is 4. The zero-order valence-corrected chi connectivity index (χ0v) is 36.5. The number of aliphatic hydroxyl groups excluding tert-OH is 1. The number of ether oxygens (including phenoxy) is 1. The Bertz CT molecular complexity index is 3200. The van der Waals surface area contributed by atoms with Gasteiger partial charge in [0, 0.05) is 58.5 Å². The molecule has 3 aliphatic rings. The van der Waals surface area contributed by atoms with Crippen LogP contribution in [0.15, 0.2) is 84.1 Å². The molecule has 4 aromatic heterocycles. The lowest BCUT2D eigenvalue weighted by molar-refractivity contribution is -0.0462. The maximum absolute atomic E-state index is 13.5. The topological polar surface area (TPSA) is 214 Å². The quantitative estimate of drug-likeness (QED) is 0.0626. The van der Waals surface area contributed by atoms with E-state index < -0.39 is 25.0 Å². The van der Waals surface area contributed by atoms with E-state index in [0.29, 0.717) is 47.5 Å². The molecule has 11 rings (SSSR count). The molecule has 19 heteroatoms. The van der Waals surface area contributed by atoms with Gasteiger partial charge in [-0.05, 0) is 110 Å². The fraction of sp³-hybridized carbons (Fsp3) is 0.319. The van der Waals surface area contributed by atoms with Crippen molar-refractivity contribution in [1.29, 1.82) is 0 Å².